The molecule has 0 saturated carbocycles. The molecule has 0 aromatic rings. The number of aliphatic hydroxyl groups is 5. The van der Waals surface area contributed by atoms with E-state index in [1.165, 1.54) is 77.0 Å². The van der Waals surface area contributed by atoms with Crippen molar-refractivity contribution in [1.29, 1.82) is 0 Å². The van der Waals surface area contributed by atoms with Gasteiger partial charge in [-0.3, -0.25) is 9.59 Å². The van der Waals surface area contributed by atoms with Crippen LogP contribution in [-0.2, 0) is 23.8 Å². The van der Waals surface area contributed by atoms with Crippen molar-refractivity contribution in [2.45, 2.75) is 282 Å². The minimum absolute atomic E-state index is 0.0960. The predicted octanol–water partition coefficient (Wildman–Crippen LogP) is 13.4. The summed E-state index contributed by atoms with van der Waals surface area (Å²) in [5.74, 6) is -1.23. The van der Waals surface area contributed by atoms with Gasteiger partial charge in [-0.05, 0) is 83.5 Å². The molecule has 1 rings (SSSR count). The second-order valence-corrected chi connectivity index (χ2v) is 20.1. The number of carbonyl (C=O) groups excluding carboxylic acids is 2. The third kappa shape index (κ3) is 38.1. The minimum Gasteiger partial charge on any atom is -0.454 e. The van der Waals surface area contributed by atoms with Crippen LogP contribution in [0.4, 0.5) is 0 Å². The van der Waals surface area contributed by atoms with Crippen molar-refractivity contribution in [3.05, 3.63) is 85.1 Å². The van der Waals surface area contributed by atoms with Crippen molar-refractivity contribution in [2.75, 3.05) is 13.2 Å². The van der Waals surface area contributed by atoms with Gasteiger partial charge in [0.15, 0.2) is 12.4 Å². The fourth-order valence-corrected chi connectivity index (χ4v) is 8.66. The SMILES string of the molecule is CC/C=C/C=C/C=C\CCCCCCCC(=O)OC1C(OCC(NC(=O)C(O)CCCCCCCCC/C=C\C/C=C\C/C=C\CCCCC)C(O)/C=C/CCCCCCCCCCC)OC(CO)C(O)C1O. The average Bonchev–Trinajstić information content (AvgIpc) is 3.39. The Balaban J connectivity index is 2.70. The van der Waals surface area contributed by atoms with Crippen LogP contribution in [0.5, 0.6) is 0 Å². The number of aliphatic hydroxyl groups excluding tert-OH is 5. The van der Waals surface area contributed by atoms with Crippen molar-refractivity contribution in [3.8, 4) is 0 Å². The third-order valence-corrected chi connectivity index (χ3v) is 13.3. The highest BCUT2D eigenvalue weighted by Gasteiger charge is 2.47. The summed E-state index contributed by atoms with van der Waals surface area (Å²) in [7, 11) is 0. The number of nitrogens with one attached hydrogen (secondary N) is 1. The number of carbonyl (C=O) groups is 2. The van der Waals surface area contributed by atoms with Crippen molar-refractivity contribution >= 4 is 11.9 Å². The Kier molecular flexibility index (Phi) is 46.2. The number of ether oxygens (including phenoxy) is 3. The molecule has 8 unspecified atom stereocenters. The van der Waals surface area contributed by atoms with E-state index < -0.39 is 67.4 Å². The summed E-state index contributed by atoms with van der Waals surface area (Å²) in [6.07, 6.45) is 53.4. The molecule has 0 aromatic heterocycles. The Hall–Kier alpha value is -3.16. The van der Waals surface area contributed by atoms with Crippen molar-refractivity contribution < 1.29 is 49.3 Å². The zero-order chi connectivity index (χ0) is 53.3. The van der Waals surface area contributed by atoms with Crippen LogP contribution >= 0.6 is 0 Å². The van der Waals surface area contributed by atoms with Crippen LogP contribution < -0.4 is 5.32 Å². The van der Waals surface area contributed by atoms with Gasteiger partial charge in [0.1, 0.15) is 24.4 Å². The maximum absolute atomic E-state index is 13.4. The van der Waals surface area contributed by atoms with E-state index in [9.17, 15) is 35.1 Å². The minimum atomic E-state index is -1.63. The van der Waals surface area contributed by atoms with Gasteiger partial charge in [0, 0.05) is 6.42 Å². The van der Waals surface area contributed by atoms with Crippen molar-refractivity contribution in [1.82, 2.24) is 5.32 Å². The molecule has 0 aromatic carbocycles. The Morgan fingerprint density at radius 3 is 1.62 bits per heavy atom. The topological polar surface area (TPSA) is 175 Å². The molecule has 0 spiro atoms. The summed E-state index contributed by atoms with van der Waals surface area (Å²) in [5, 5.41) is 56.8. The lowest BCUT2D eigenvalue weighted by Gasteiger charge is -2.41. The van der Waals surface area contributed by atoms with E-state index in [1.807, 2.05) is 24.3 Å². The molecule has 1 saturated heterocycles. The van der Waals surface area contributed by atoms with Gasteiger partial charge in [0.25, 0.3) is 0 Å². The molecule has 1 fully saturated rings. The van der Waals surface area contributed by atoms with Gasteiger partial charge in [-0.25, -0.2) is 0 Å². The average molecular weight is 1030 g/mol. The number of esters is 1. The lowest BCUT2D eigenvalue weighted by Crippen LogP contribution is -2.61. The molecule has 420 valence electrons. The largest absolute Gasteiger partial charge is 0.454 e. The zero-order valence-corrected chi connectivity index (χ0v) is 46.2. The molecular weight excluding hydrogens is 919 g/mol. The monoisotopic (exact) mass is 1030 g/mol. The van der Waals surface area contributed by atoms with E-state index in [0.717, 1.165) is 109 Å². The first-order valence-corrected chi connectivity index (χ1v) is 29.4. The maximum Gasteiger partial charge on any atom is 0.306 e. The fourth-order valence-electron chi connectivity index (χ4n) is 8.66. The lowest BCUT2D eigenvalue weighted by atomic mass is 9.99. The van der Waals surface area contributed by atoms with Gasteiger partial charge in [0.05, 0.1) is 25.4 Å². The fraction of sp³-hybridized carbons (Fsp3) is 0.742. The quantitative estimate of drug-likeness (QED) is 0.0149. The Morgan fingerprint density at radius 1 is 0.562 bits per heavy atom. The third-order valence-electron chi connectivity index (χ3n) is 13.3. The second-order valence-electron chi connectivity index (χ2n) is 20.1. The van der Waals surface area contributed by atoms with E-state index in [1.54, 1.807) is 6.08 Å². The van der Waals surface area contributed by atoms with Crippen LogP contribution in [0.1, 0.15) is 233 Å². The van der Waals surface area contributed by atoms with Gasteiger partial charge in [-0.15, -0.1) is 0 Å². The number of hydrogen-bond donors (Lipinski definition) is 6. The van der Waals surface area contributed by atoms with Crippen LogP contribution in [0.2, 0.25) is 0 Å². The maximum atomic E-state index is 13.4. The Bertz CT molecular complexity index is 1510. The van der Waals surface area contributed by atoms with Gasteiger partial charge >= 0.3 is 5.97 Å². The highest BCUT2D eigenvalue weighted by molar-refractivity contribution is 5.80. The molecule has 0 radical (unpaired) electrons. The molecule has 1 aliphatic rings. The first-order chi connectivity index (χ1) is 35.7. The van der Waals surface area contributed by atoms with Crippen molar-refractivity contribution in [3.63, 3.8) is 0 Å². The van der Waals surface area contributed by atoms with E-state index >= 15 is 0 Å². The van der Waals surface area contributed by atoms with Crippen LogP contribution in [0, 0.1) is 0 Å². The van der Waals surface area contributed by atoms with E-state index in [0.29, 0.717) is 12.8 Å². The van der Waals surface area contributed by atoms with Gasteiger partial charge in [-0.2, -0.15) is 0 Å². The highest BCUT2D eigenvalue weighted by Crippen LogP contribution is 2.26. The molecule has 11 heteroatoms. The van der Waals surface area contributed by atoms with Gasteiger partial charge in [0.2, 0.25) is 5.91 Å². The number of unbranched alkanes of at least 4 members (excludes halogenated alkanes) is 24. The molecule has 0 aliphatic carbocycles. The number of amides is 1. The predicted molar refractivity (Wildman–Crippen MR) is 301 cm³/mol. The smallest absolute Gasteiger partial charge is 0.306 e. The van der Waals surface area contributed by atoms with E-state index in [4.69, 9.17) is 14.2 Å². The van der Waals surface area contributed by atoms with E-state index in [2.05, 4.69) is 80.8 Å². The van der Waals surface area contributed by atoms with Crippen LogP contribution in [0.25, 0.3) is 0 Å². The van der Waals surface area contributed by atoms with Crippen LogP contribution in [0.15, 0.2) is 85.1 Å². The number of allylic oxidation sites excluding steroid dienone is 13. The van der Waals surface area contributed by atoms with Crippen LogP contribution in [0.3, 0.4) is 0 Å². The summed E-state index contributed by atoms with van der Waals surface area (Å²) in [6.45, 7) is 5.58. The highest BCUT2D eigenvalue weighted by atomic mass is 16.7. The zero-order valence-electron chi connectivity index (χ0n) is 46.2. The molecule has 6 N–H and O–H groups in total. The Morgan fingerprint density at radius 2 is 1.04 bits per heavy atom. The molecule has 11 nitrogen and oxygen atoms in total. The first kappa shape index (κ1) is 67.9. The Labute approximate surface area is 444 Å². The standard InChI is InChI=1S/C62H107NO10/c1-4-7-10-13-16-19-22-24-25-26-27-28-29-30-32-34-37-40-43-46-49-55(66)61(70)63-53(54(65)48-45-42-39-36-33-21-18-15-12-9-6-3)52-71-62-60(59(69)58(68)56(51-64)72-62)73-57(67)50-47-44-41-38-35-31-23-20-17-14-11-8-5-2/h8,11,14,16-17,19-20,23-25,27-28,45,48,53-56,58-60,62,64-66,68-69H,4-7,9-10,12-13,15,18,21-22,26,29-44,46-47,49-52H2,1-3H3,(H,63,70)/b11-8+,17-14+,19-16-,23-20-,25-24-,28-27-,48-45+. The molecule has 73 heavy (non-hydrogen) atoms. The number of hydrogen-bond acceptors (Lipinski definition) is 10. The lowest BCUT2D eigenvalue weighted by molar-refractivity contribution is -0.305. The van der Waals surface area contributed by atoms with Gasteiger partial charge < -0.3 is 45.1 Å². The molecule has 0 bridgehead atoms. The first-order valence-electron chi connectivity index (χ1n) is 29.4. The van der Waals surface area contributed by atoms with Crippen LogP contribution in [-0.4, -0.2) is 99.6 Å². The normalized spacial score (nSPS) is 20.0. The summed E-state index contributed by atoms with van der Waals surface area (Å²) >= 11 is 0. The summed E-state index contributed by atoms with van der Waals surface area (Å²) in [5.41, 5.74) is 0. The molecule has 1 heterocycles. The van der Waals surface area contributed by atoms with Crippen molar-refractivity contribution in [2.24, 2.45) is 0 Å². The second kappa shape index (κ2) is 49.7. The summed E-state index contributed by atoms with van der Waals surface area (Å²) in [6, 6.07) is -1.04. The summed E-state index contributed by atoms with van der Waals surface area (Å²) in [4.78, 5) is 26.4. The van der Waals surface area contributed by atoms with E-state index in [-0.39, 0.29) is 19.4 Å². The molecule has 1 amide bonds. The van der Waals surface area contributed by atoms with Gasteiger partial charge in [-0.1, -0.05) is 228 Å². The molecular formula is C62H107NO10. The molecule has 8 atom stereocenters. The number of rotatable bonds is 48. The summed E-state index contributed by atoms with van der Waals surface area (Å²) < 4.78 is 17.5. The molecule has 1 aliphatic heterocycles.